The molecule has 0 atom stereocenters. The minimum absolute atomic E-state index is 0.0171. The molecule has 1 aliphatic carbocycles. The van der Waals surface area contributed by atoms with Crippen LogP contribution in [0.1, 0.15) is 53.3 Å². The molecule has 104 valence electrons. The number of carbonyl (C=O) groups is 3. The van der Waals surface area contributed by atoms with Crippen LogP contribution < -0.4 is 0 Å². The maximum Gasteiger partial charge on any atom is 0.335 e. The van der Waals surface area contributed by atoms with Gasteiger partial charge in [0.1, 0.15) is 0 Å². The van der Waals surface area contributed by atoms with E-state index >= 15 is 0 Å². The summed E-state index contributed by atoms with van der Waals surface area (Å²) in [7, 11) is 0. The van der Waals surface area contributed by atoms with Crippen molar-refractivity contribution in [2.45, 2.75) is 13.8 Å². The molecule has 0 heterocycles. The van der Waals surface area contributed by atoms with Gasteiger partial charge in [0, 0.05) is 22.3 Å². The molecule has 0 radical (unpaired) electrons. The summed E-state index contributed by atoms with van der Waals surface area (Å²) in [6.45, 7) is 3.44. The molecular weight excluding hydrogens is 268 g/mol. The number of rotatable bonds is 1. The molecule has 0 aromatic heterocycles. The molecule has 0 bridgehead atoms. The summed E-state index contributed by atoms with van der Waals surface area (Å²) in [4.78, 5) is 36.4. The Morgan fingerprint density at radius 2 is 1.57 bits per heavy atom. The number of aryl methyl sites for hydroxylation is 2. The highest BCUT2D eigenvalue weighted by Crippen LogP contribution is 2.31. The van der Waals surface area contributed by atoms with Crippen molar-refractivity contribution in [3.05, 3.63) is 69.3 Å². The number of carboxylic acids is 1. The topological polar surface area (TPSA) is 71.4 Å². The third-order valence-electron chi connectivity index (χ3n) is 3.80. The van der Waals surface area contributed by atoms with E-state index in [1.54, 1.807) is 32.0 Å². The van der Waals surface area contributed by atoms with Gasteiger partial charge in [-0.2, -0.15) is 0 Å². The molecule has 21 heavy (non-hydrogen) atoms. The zero-order chi connectivity index (χ0) is 15.3. The van der Waals surface area contributed by atoms with E-state index in [1.165, 1.54) is 12.1 Å². The van der Waals surface area contributed by atoms with Gasteiger partial charge >= 0.3 is 5.97 Å². The Kier molecular flexibility index (Phi) is 2.76. The fourth-order valence-corrected chi connectivity index (χ4v) is 2.82. The Bertz CT molecular complexity index is 831. The van der Waals surface area contributed by atoms with E-state index in [4.69, 9.17) is 5.11 Å². The maximum absolute atomic E-state index is 12.7. The van der Waals surface area contributed by atoms with E-state index < -0.39 is 5.97 Å². The van der Waals surface area contributed by atoms with Crippen LogP contribution in [0, 0.1) is 13.8 Å². The highest BCUT2D eigenvalue weighted by Gasteiger charge is 2.32. The number of carbonyl (C=O) groups excluding carboxylic acids is 2. The zero-order valence-electron chi connectivity index (χ0n) is 11.6. The van der Waals surface area contributed by atoms with E-state index in [0.29, 0.717) is 22.3 Å². The van der Waals surface area contributed by atoms with E-state index in [1.807, 2.05) is 0 Å². The van der Waals surface area contributed by atoms with E-state index in [9.17, 15) is 14.4 Å². The summed E-state index contributed by atoms with van der Waals surface area (Å²) in [5.74, 6) is -1.63. The van der Waals surface area contributed by atoms with Crippen molar-refractivity contribution in [3.63, 3.8) is 0 Å². The van der Waals surface area contributed by atoms with E-state index in [0.717, 1.165) is 5.56 Å². The molecule has 0 saturated heterocycles. The normalized spacial score (nSPS) is 12.9. The Hall–Kier alpha value is -2.75. The molecule has 0 aliphatic heterocycles. The van der Waals surface area contributed by atoms with Crippen LogP contribution in [-0.4, -0.2) is 22.6 Å². The molecule has 0 saturated carbocycles. The third kappa shape index (κ3) is 1.80. The molecule has 0 fully saturated rings. The van der Waals surface area contributed by atoms with Crippen molar-refractivity contribution in [3.8, 4) is 0 Å². The predicted molar refractivity (Wildman–Crippen MR) is 76.2 cm³/mol. The molecule has 0 spiro atoms. The molecule has 3 rings (SSSR count). The molecule has 0 amide bonds. The smallest absolute Gasteiger partial charge is 0.335 e. The predicted octanol–water partition coefficient (Wildman–Crippen LogP) is 2.78. The Balaban J connectivity index is 2.36. The second-order valence-electron chi connectivity index (χ2n) is 5.18. The molecule has 0 unspecified atom stereocenters. The lowest BCUT2D eigenvalue weighted by atomic mass is 9.79. The second kappa shape index (κ2) is 4.38. The first kappa shape index (κ1) is 13.2. The molecular formula is C17H12O4. The minimum Gasteiger partial charge on any atom is -0.478 e. The Morgan fingerprint density at radius 3 is 2.24 bits per heavy atom. The molecule has 2 aromatic rings. The monoisotopic (exact) mass is 280 g/mol. The Morgan fingerprint density at radius 1 is 0.905 bits per heavy atom. The van der Waals surface area contributed by atoms with Gasteiger partial charge in [0.05, 0.1) is 5.56 Å². The number of hydrogen-bond donors (Lipinski definition) is 1. The van der Waals surface area contributed by atoms with Crippen LogP contribution in [0.4, 0.5) is 0 Å². The molecule has 4 heteroatoms. The van der Waals surface area contributed by atoms with E-state index in [-0.39, 0.29) is 22.7 Å². The fourth-order valence-electron chi connectivity index (χ4n) is 2.82. The summed E-state index contributed by atoms with van der Waals surface area (Å²) in [5.41, 5.74) is 2.52. The largest absolute Gasteiger partial charge is 0.478 e. The van der Waals surface area contributed by atoms with Gasteiger partial charge in [0.2, 0.25) is 0 Å². The van der Waals surface area contributed by atoms with Crippen molar-refractivity contribution in [2.75, 3.05) is 0 Å². The third-order valence-corrected chi connectivity index (χ3v) is 3.80. The van der Waals surface area contributed by atoms with Crippen LogP contribution in [0.5, 0.6) is 0 Å². The summed E-state index contributed by atoms with van der Waals surface area (Å²) in [6, 6.07) is 7.83. The van der Waals surface area contributed by atoms with Gasteiger partial charge in [-0.05, 0) is 37.1 Å². The van der Waals surface area contributed by atoms with Gasteiger partial charge in [-0.1, -0.05) is 18.2 Å². The van der Waals surface area contributed by atoms with Gasteiger partial charge in [0.15, 0.2) is 11.6 Å². The quantitative estimate of drug-likeness (QED) is 0.744. The van der Waals surface area contributed by atoms with Crippen LogP contribution in [-0.2, 0) is 0 Å². The summed E-state index contributed by atoms with van der Waals surface area (Å²) in [6.07, 6.45) is 0. The first-order valence-electron chi connectivity index (χ1n) is 6.48. The van der Waals surface area contributed by atoms with Crippen LogP contribution >= 0.6 is 0 Å². The van der Waals surface area contributed by atoms with Gasteiger partial charge in [-0.3, -0.25) is 9.59 Å². The lowest BCUT2D eigenvalue weighted by Gasteiger charge is -2.21. The standard InChI is InChI=1S/C17H12O4/c1-8-4-3-5-11-13(8)16(19)14-9(2)6-10(17(20)21)7-12(14)15(11)18/h3-7H,1-2H3,(H,20,21). The average molecular weight is 280 g/mol. The summed E-state index contributed by atoms with van der Waals surface area (Å²) in [5, 5.41) is 9.11. The summed E-state index contributed by atoms with van der Waals surface area (Å²) < 4.78 is 0. The highest BCUT2D eigenvalue weighted by atomic mass is 16.4. The lowest BCUT2D eigenvalue weighted by Crippen LogP contribution is -2.23. The zero-order valence-corrected chi connectivity index (χ0v) is 11.6. The van der Waals surface area contributed by atoms with Crippen LogP contribution in [0.25, 0.3) is 0 Å². The van der Waals surface area contributed by atoms with Gasteiger partial charge in [-0.15, -0.1) is 0 Å². The van der Waals surface area contributed by atoms with Gasteiger partial charge < -0.3 is 5.11 Å². The highest BCUT2D eigenvalue weighted by molar-refractivity contribution is 6.29. The Labute approximate surface area is 121 Å². The fraction of sp³-hybridized carbons (Fsp3) is 0.118. The second-order valence-corrected chi connectivity index (χ2v) is 5.18. The minimum atomic E-state index is -1.11. The van der Waals surface area contributed by atoms with Crippen molar-refractivity contribution >= 4 is 17.5 Å². The van der Waals surface area contributed by atoms with Crippen molar-refractivity contribution in [2.24, 2.45) is 0 Å². The van der Waals surface area contributed by atoms with Crippen molar-refractivity contribution in [1.29, 1.82) is 0 Å². The summed E-state index contributed by atoms with van der Waals surface area (Å²) >= 11 is 0. The lowest BCUT2D eigenvalue weighted by molar-refractivity contribution is 0.0696. The van der Waals surface area contributed by atoms with Crippen molar-refractivity contribution in [1.82, 2.24) is 0 Å². The van der Waals surface area contributed by atoms with Crippen LogP contribution in [0.2, 0.25) is 0 Å². The average Bonchev–Trinajstić information content (AvgIpc) is 2.43. The number of aromatic carboxylic acids is 1. The first-order valence-corrected chi connectivity index (χ1v) is 6.48. The molecule has 2 aromatic carbocycles. The molecule has 4 nitrogen and oxygen atoms in total. The first-order chi connectivity index (χ1) is 9.91. The number of fused-ring (bicyclic) bond motifs is 2. The molecule has 1 N–H and O–H groups in total. The van der Waals surface area contributed by atoms with Crippen LogP contribution in [0.15, 0.2) is 30.3 Å². The van der Waals surface area contributed by atoms with Gasteiger partial charge in [-0.25, -0.2) is 4.79 Å². The maximum atomic E-state index is 12.7. The SMILES string of the molecule is Cc1cccc2c1C(=O)c1c(C)cc(C(=O)O)cc1C2=O. The number of ketones is 2. The number of carboxylic acid groups (broad SMARTS) is 1. The van der Waals surface area contributed by atoms with E-state index in [2.05, 4.69) is 0 Å². The number of benzene rings is 2. The van der Waals surface area contributed by atoms with Gasteiger partial charge in [0.25, 0.3) is 0 Å². The molecule has 1 aliphatic rings. The van der Waals surface area contributed by atoms with Crippen LogP contribution in [0.3, 0.4) is 0 Å². The number of hydrogen-bond acceptors (Lipinski definition) is 3. The van der Waals surface area contributed by atoms with Crippen molar-refractivity contribution < 1.29 is 19.5 Å².